The second-order valence-electron chi connectivity index (χ2n) is 3.75. The molecule has 0 saturated heterocycles. The van der Waals surface area contributed by atoms with Crippen LogP contribution in [-0.2, 0) is 4.57 Å². The van der Waals surface area contributed by atoms with E-state index in [1.54, 1.807) is 38.1 Å². The topological polar surface area (TPSA) is 57.5 Å². The molecule has 1 aromatic rings. The van der Waals surface area contributed by atoms with Crippen LogP contribution in [0.15, 0.2) is 29.2 Å². The summed E-state index contributed by atoms with van der Waals surface area (Å²) in [5.41, 5.74) is 0. The summed E-state index contributed by atoms with van der Waals surface area (Å²) in [7, 11) is -4.15. The van der Waals surface area contributed by atoms with Crippen LogP contribution in [0.2, 0.25) is 5.02 Å². The molecule has 0 fully saturated rings. The van der Waals surface area contributed by atoms with Gasteiger partial charge in [0.1, 0.15) is 4.49 Å². The molecular weight excluding hydrogens is 279 g/mol. The van der Waals surface area contributed by atoms with Crippen molar-refractivity contribution in [1.82, 2.24) is 0 Å². The average Bonchev–Trinajstić information content (AvgIpc) is 2.27. The SMILES string of the molecule is CCC(CC)(Sc1ccc(Cl)cc1)P(=O)(O)O. The minimum absolute atomic E-state index is 0.418. The van der Waals surface area contributed by atoms with Crippen molar-refractivity contribution in [2.24, 2.45) is 0 Å². The molecule has 0 radical (unpaired) electrons. The van der Waals surface area contributed by atoms with Crippen molar-refractivity contribution in [3.8, 4) is 0 Å². The molecule has 0 aliphatic heterocycles. The first-order valence-electron chi connectivity index (χ1n) is 5.35. The van der Waals surface area contributed by atoms with Gasteiger partial charge in [0.15, 0.2) is 0 Å². The van der Waals surface area contributed by atoms with Crippen LogP contribution in [0.25, 0.3) is 0 Å². The van der Waals surface area contributed by atoms with Gasteiger partial charge in [0.25, 0.3) is 0 Å². The quantitative estimate of drug-likeness (QED) is 0.633. The summed E-state index contributed by atoms with van der Waals surface area (Å²) in [5, 5.41) is 0.615. The van der Waals surface area contributed by atoms with Crippen LogP contribution in [-0.4, -0.2) is 14.3 Å². The number of rotatable bonds is 5. The van der Waals surface area contributed by atoms with E-state index in [1.807, 2.05) is 0 Å². The third-order valence-corrected chi connectivity index (χ3v) is 7.16. The predicted octanol–water partition coefficient (Wildman–Crippen LogP) is 4.13. The normalized spacial score (nSPS) is 12.8. The van der Waals surface area contributed by atoms with Gasteiger partial charge in [-0.3, -0.25) is 4.57 Å². The Morgan fingerprint density at radius 3 is 2.06 bits per heavy atom. The molecule has 17 heavy (non-hydrogen) atoms. The van der Waals surface area contributed by atoms with Crippen LogP contribution in [0, 0.1) is 0 Å². The molecule has 0 bridgehead atoms. The zero-order valence-corrected chi connectivity index (χ0v) is 12.2. The molecule has 0 aliphatic rings. The van der Waals surface area contributed by atoms with Crippen molar-refractivity contribution in [2.75, 3.05) is 0 Å². The second-order valence-corrected chi connectivity index (χ2v) is 7.89. The Labute approximate surface area is 111 Å². The van der Waals surface area contributed by atoms with Gasteiger partial charge in [-0.25, -0.2) is 0 Å². The minimum atomic E-state index is -4.15. The lowest BCUT2D eigenvalue weighted by Crippen LogP contribution is -2.22. The van der Waals surface area contributed by atoms with E-state index in [4.69, 9.17) is 11.6 Å². The molecule has 96 valence electrons. The van der Waals surface area contributed by atoms with Crippen molar-refractivity contribution in [2.45, 2.75) is 36.1 Å². The van der Waals surface area contributed by atoms with Gasteiger partial charge in [0, 0.05) is 9.92 Å². The first-order valence-corrected chi connectivity index (χ1v) is 8.15. The fraction of sp³-hybridized carbons (Fsp3) is 0.455. The molecule has 0 heterocycles. The van der Waals surface area contributed by atoms with Crippen molar-refractivity contribution in [1.29, 1.82) is 0 Å². The first kappa shape index (κ1) is 15.1. The van der Waals surface area contributed by atoms with Gasteiger partial charge in [0.2, 0.25) is 0 Å². The van der Waals surface area contributed by atoms with Gasteiger partial charge < -0.3 is 9.79 Å². The highest BCUT2D eigenvalue weighted by Gasteiger charge is 2.44. The number of hydrogen-bond acceptors (Lipinski definition) is 2. The van der Waals surface area contributed by atoms with Gasteiger partial charge in [0.05, 0.1) is 0 Å². The van der Waals surface area contributed by atoms with Crippen LogP contribution in [0.4, 0.5) is 0 Å². The molecule has 0 saturated carbocycles. The summed E-state index contributed by atoms with van der Waals surface area (Å²) in [6.07, 6.45) is 0.835. The van der Waals surface area contributed by atoms with Gasteiger partial charge in [-0.15, -0.1) is 11.8 Å². The van der Waals surface area contributed by atoms with E-state index in [9.17, 15) is 14.4 Å². The van der Waals surface area contributed by atoms with Gasteiger partial charge in [-0.05, 0) is 37.1 Å². The third kappa shape index (κ3) is 3.49. The maximum Gasteiger partial charge on any atom is 0.341 e. The van der Waals surface area contributed by atoms with Crippen molar-refractivity contribution >= 4 is 31.0 Å². The van der Waals surface area contributed by atoms with Crippen LogP contribution in [0.5, 0.6) is 0 Å². The van der Waals surface area contributed by atoms with E-state index in [0.717, 1.165) is 4.90 Å². The molecule has 0 aromatic heterocycles. The number of benzene rings is 1. The molecule has 0 spiro atoms. The average molecular weight is 295 g/mol. The fourth-order valence-corrected chi connectivity index (χ4v) is 4.33. The molecule has 0 unspecified atom stereocenters. The first-order chi connectivity index (χ1) is 7.84. The van der Waals surface area contributed by atoms with Gasteiger partial charge in [-0.2, -0.15) is 0 Å². The molecule has 3 nitrogen and oxygen atoms in total. The summed E-state index contributed by atoms with van der Waals surface area (Å²) in [4.78, 5) is 19.8. The van der Waals surface area contributed by atoms with Gasteiger partial charge >= 0.3 is 7.60 Å². The standard InChI is InChI=1S/C11H16ClO3PS/c1-3-11(4-2,16(13,14)15)17-10-7-5-9(12)6-8-10/h5-8H,3-4H2,1-2H3,(H2,13,14,15). The van der Waals surface area contributed by atoms with E-state index in [-0.39, 0.29) is 0 Å². The Hall–Kier alpha value is 0.01000. The zero-order valence-electron chi connectivity index (χ0n) is 9.76. The lowest BCUT2D eigenvalue weighted by Gasteiger charge is -2.31. The lowest BCUT2D eigenvalue weighted by molar-refractivity contribution is 0.346. The second kappa shape index (κ2) is 5.77. The summed E-state index contributed by atoms with van der Waals surface area (Å²) in [6, 6.07) is 7.00. The van der Waals surface area contributed by atoms with Crippen LogP contribution in [0.1, 0.15) is 26.7 Å². The number of halogens is 1. The van der Waals surface area contributed by atoms with E-state index in [2.05, 4.69) is 0 Å². The highest BCUT2D eigenvalue weighted by atomic mass is 35.5. The maximum atomic E-state index is 11.6. The van der Waals surface area contributed by atoms with E-state index in [1.165, 1.54) is 11.8 Å². The molecule has 0 atom stereocenters. The molecular formula is C11H16ClO3PS. The number of thioether (sulfide) groups is 1. The highest BCUT2D eigenvalue weighted by Crippen LogP contribution is 2.62. The Balaban J connectivity index is 3.03. The fourth-order valence-electron chi connectivity index (χ4n) is 1.59. The van der Waals surface area contributed by atoms with Crippen molar-refractivity contribution in [3.05, 3.63) is 29.3 Å². The third-order valence-electron chi connectivity index (χ3n) is 2.76. The Kier molecular flexibility index (Phi) is 5.11. The minimum Gasteiger partial charge on any atom is -0.323 e. The molecule has 0 aliphatic carbocycles. The van der Waals surface area contributed by atoms with Crippen LogP contribution in [0.3, 0.4) is 0 Å². The zero-order chi connectivity index (χ0) is 13.1. The predicted molar refractivity (Wildman–Crippen MR) is 72.7 cm³/mol. The lowest BCUT2D eigenvalue weighted by atomic mass is 10.2. The monoisotopic (exact) mass is 294 g/mol. The molecule has 6 heteroatoms. The largest absolute Gasteiger partial charge is 0.341 e. The van der Waals surface area contributed by atoms with E-state index < -0.39 is 12.1 Å². The molecule has 0 amide bonds. The van der Waals surface area contributed by atoms with Crippen molar-refractivity contribution < 1.29 is 14.4 Å². The van der Waals surface area contributed by atoms with Crippen molar-refractivity contribution in [3.63, 3.8) is 0 Å². The van der Waals surface area contributed by atoms with E-state index >= 15 is 0 Å². The Morgan fingerprint density at radius 2 is 1.71 bits per heavy atom. The summed E-state index contributed by atoms with van der Waals surface area (Å²) in [6.45, 7) is 3.59. The highest BCUT2D eigenvalue weighted by molar-refractivity contribution is 8.06. The summed E-state index contributed by atoms with van der Waals surface area (Å²) in [5.74, 6) is 0. The van der Waals surface area contributed by atoms with Gasteiger partial charge in [-0.1, -0.05) is 25.4 Å². The smallest absolute Gasteiger partial charge is 0.323 e. The Morgan fingerprint density at radius 1 is 1.24 bits per heavy atom. The van der Waals surface area contributed by atoms with E-state index in [0.29, 0.717) is 17.9 Å². The molecule has 1 rings (SSSR count). The molecule has 2 N–H and O–H groups in total. The van der Waals surface area contributed by atoms with Crippen LogP contribution >= 0.6 is 31.0 Å². The van der Waals surface area contributed by atoms with Crippen LogP contribution < -0.4 is 0 Å². The maximum absolute atomic E-state index is 11.6. The summed E-state index contributed by atoms with van der Waals surface area (Å²) >= 11 is 7.01. The number of hydrogen-bond donors (Lipinski definition) is 2. The molecule has 1 aromatic carbocycles. The Bertz CT molecular complexity index is 411. The summed E-state index contributed by atoms with van der Waals surface area (Å²) < 4.78 is 10.6.